The molecule has 2 rings (SSSR count). The van der Waals surface area contributed by atoms with Crippen LogP contribution in [0.15, 0.2) is 0 Å². The zero-order valence-electron chi connectivity index (χ0n) is 24.4. The number of rotatable bonds is 14. The zero-order valence-corrected chi connectivity index (χ0v) is 28.2. The molecule has 0 spiro atoms. The molecule has 2 saturated heterocycles. The molecule has 20 nitrogen and oxygen atoms in total. The van der Waals surface area contributed by atoms with Gasteiger partial charge in [0.25, 0.3) is 0 Å². The molecular weight excluding hydrogens is 688 g/mol. The number of aliphatic hydroxyl groups excluding tert-OH is 6. The summed E-state index contributed by atoms with van der Waals surface area (Å²) < 4.78 is 93.9. The van der Waals surface area contributed by atoms with Gasteiger partial charge in [0.05, 0.1) is 58.2 Å². The molecule has 0 bridgehead atoms. The number of hydrogen-bond donors (Lipinski definition) is 6. The molecule has 0 aliphatic carbocycles. The summed E-state index contributed by atoms with van der Waals surface area (Å²) in [6, 6.07) is 0. The molecule has 2 aliphatic heterocycles. The Kier molecular flexibility index (Phi) is 20.7. The molecule has 0 aromatic carbocycles. The number of ether oxygens (including phenoxy) is 6. The number of esters is 2. The summed E-state index contributed by atoms with van der Waals surface area (Å²) in [7, 11) is -9.40. The maximum atomic E-state index is 10.7. The predicted octanol–water partition coefficient (Wildman–Crippen LogP) is -5.76. The summed E-state index contributed by atoms with van der Waals surface area (Å²) in [4.78, 5) is 21.1. The minimum atomic E-state index is -4.70. The van der Waals surface area contributed by atoms with E-state index in [1.165, 1.54) is 13.8 Å². The zero-order chi connectivity index (χ0) is 33.8. The molecule has 10 atom stereocenters. The third kappa shape index (κ3) is 17.5. The second-order valence-corrected chi connectivity index (χ2v) is 12.5. The minimum absolute atomic E-state index is 0. The Morgan fingerprint density at radius 2 is 0.911 bits per heavy atom. The van der Waals surface area contributed by atoms with Crippen LogP contribution in [0.3, 0.4) is 0 Å². The first-order chi connectivity index (χ1) is 20.2. The fourth-order valence-electron chi connectivity index (χ4n) is 3.73. The van der Waals surface area contributed by atoms with Gasteiger partial charge in [-0.15, -0.1) is 0 Å². The first-order valence-electron chi connectivity index (χ1n) is 13.0. The van der Waals surface area contributed by atoms with Gasteiger partial charge in [0.15, 0.2) is 12.6 Å². The molecule has 23 heteroatoms. The first kappa shape index (κ1) is 44.6. The maximum Gasteiger partial charge on any atom is 2.00 e. The van der Waals surface area contributed by atoms with E-state index in [0.29, 0.717) is 0 Å². The predicted molar refractivity (Wildman–Crippen MR) is 143 cm³/mol. The van der Waals surface area contributed by atoms with Crippen LogP contribution in [0.2, 0.25) is 0 Å². The van der Waals surface area contributed by atoms with Gasteiger partial charge in [-0.1, -0.05) is 0 Å². The van der Waals surface area contributed by atoms with Gasteiger partial charge in [-0.25, -0.2) is 16.8 Å². The number of carbonyl (C=O) groups is 2. The molecule has 2 fully saturated rings. The van der Waals surface area contributed by atoms with Gasteiger partial charge in [0, 0.05) is 26.7 Å². The van der Waals surface area contributed by atoms with E-state index in [9.17, 15) is 66.2 Å². The van der Waals surface area contributed by atoms with Gasteiger partial charge in [-0.2, -0.15) is 0 Å². The van der Waals surface area contributed by atoms with Crippen LogP contribution < -0.4 is 0 Å². The second kappa shape index (κ2) is 20.9. The van der Waals surface area contributed by atoms with Gasteiger partial charge in [0.2, 0.25) is 0 Å². The summed E-state index contributed by atoms with van der Waals surface area (Å²) in [5.74, 6) is -3.06. The van der Waals surface area contributed by atoms with E-state index in [4.69, 9.17) is 18.9 Å². The van der Waals surface area contributed by atoms with Gasteiger partial charge < -0.3 is 68.2 Å². The number of carbonyl (C=O) groups excluding carboxylic acids is 2. The molecule has 260 valence electrons. The average Bonchev–Trinajstić information content (AvgIpc) is 2.89. The van der Waals surface area contributed by atoms with Crippen molar-refractivity contribution in [2.24, 2.45) is 0 Å². The maximum absolute atomic E-state index is 10.7. The molecule has 0 saturated carbocycles. The van der Waals surface area contributed by atoms with Crippen molar-refractivity contribution in [3.8, 4) is 0 Å². The fourth-order valence-corrected chi connectivity index (χ4v) is 5.09. The van der Waals surface area contributed by atoms with Crippen molar-refractivity contribution in [1.29, 1.82) is 0 Å². The van der Waals surface area contributed by atoms with Gasteiger partial charge in [-0.05, 0) is 0 Å². The van der Waals surface area contributed by atoms with Gasteiger partial charge >= 0.3 is 49.7 Å². The summed E-state index contributed by atoms with van der Waals surface area (Å²) in [5.41, 5.74) is 0. The van der Waals surface area contributed by atoms with Crippen molar-refractivity contribution in [2.75, 3.05) is 37.9 Å². The summed E-state index contributed by atoms with van der Waals surface area (Å²) in [6.07, 6.45) is -15.5. The van der Waals surface area contributed by atoms with Crippen LogP contribution in [-0.4, -0.2) is 206 Å². The average molecular weight is 727 g/mol. The number of hydrogen-bond acceptors (Lipinski definition) is 20. The summed E-state index contributed by atoms with van der Waals surface area (Å²) in [6.45, 7) is 2.58. The van der Waals surface area contributed by atoms with E-state index < -0.39 is 105 Å². The van der Waals surface area contributed by atoms with Gasteiger partial charge in [0.1, 0.15) is 48.8 Å². The molecule has 0 aromatic rings. The van der Waals surface area contributed by atoms with Crippen LogP contribution in [-0.2, 0) is 58.2 Å². The van der Waals surface area contributed by atoms with Crippen LogP contribution in [0.4, 0.5) is 0 Å². The third-order valence-electron chi connectivity index (χ3n) is 5.83. The quantitative estimate of drug-likeness (QED) is 0.0420. The molecule has 0 amide bonds. The largest absolute Gasteiger partial charge is 2.00 e. The van der Waals surface area contributed by atoms with Crippen molar-refractivity contribution in [3.63, 3.8) is 0 Å². The molecule has 0 aromatic heterocycles. The SMILES string of the molecule is CC(=O)OCCCO[C@H]1O[C@H](CS(=O)(=O)[O-])[C@@H](O)[C@H](O)[C@H]1O.CC(=O)OCCCO[C@H]1O[C@H](CS(=O)(=O)[O-])[C@@H](O)[C@H](O)[C@H]1O.[Ca+2]. The Hall–Kier alpha value is -0.380. The van der Waals surface area contributed by atoms with E-state index in [1.807, 2.05) is 0 Å². The van der Waals surface area contributed by atoms with Crippen LogP contribution >= 0.6 is 0 Å². The normalized spacial score (nSPS) is 32.0. The topological polar surface area (TPSA) is 325 Å². The molecule has 6 N–H and O–H groups in total. The molecular formula is C22H38CaO20S2. The molecule has 0 unspecified atom stereocenters. The second-order valence-electron chi connectivity index (χ2n) is 9.61. The van der Waals surface area contributed by atoms with Crippen molar-refractivity contribution in [3.05, 3.63) is 0 Å². The van der Waals surface area contributed by atoms with Crippen LogP contribution in [0.25, 0.3) is 0 Å². The Bertz CT molecular complexity index is 1020. The first-order valence-corrected chi connectivity index (χ1v) is 16.1. The smallest absolute Gasteiger partial charge is 0.748 e. The van der Waals surface area contributed by atoms with Crippen LogP contribution in [0.5, 0.6) is 0 Å². The third-order valence-corrected chi connectivity index (χ3v) is 7.30. The van der Waals surface area contributed by atoms with E-state index in [2.05, 4.69) is 9.47 Å². The van der Waals surface area contributed by atoms with E-state index >= 15 is 0 Å². The summed E-state index contributed by atoms with van der Waals surface area (Å²) in [5, 5.41) is 57.9. The van der Waals surface area contributed by atoms with Crippen molar-refractivity contribution < 1.29 is 94.6 Å². The fraction of sp³-hybridized carbons (Fsp3) is 0.909. The molecule has 2 heterocycles. The monoisotopic (exact) mass is 726 g/mol. The minimum Gasteiger partial charge on any atom is -0.748 e. The van der Waals surface area contributed by atoms with E-state index in [1.54, 1.807) is 0 Å². The Morgan fingerprint density at radius 3 is 1.18 bits per heavy atom. The van der Waals surface area contributed by atoms with Crippen molar-refractivity contribution in [2.45, 2.75) is 88.1 Å². The standard InChI is InChI=1S/2C11H20O10S.Ca/c2*1-6(12)19-3-2-4-20-11-10(15)9(14)8(13)7(21-11)5-22(16,17)18;/h2*7-11,13-15H,2-5H2,1H3,(H,16,17,18);/q;;+2/p-2/t2*7-,8-,9+,10-,11+;/m11./s1. The Morgan fingerprint density at radius 1 is 0.600 bits per heavy atom. The molecule has 45 heavy (non-hydrogen) atoms. The summed E-state index contributed by atoms with van der Waals surface area (Å²) >= 11 is 0. The van der Waals surface area contributed by atoms with Crippen LogP contribution in [0, 0.1) is 0 Å². The molecule has 0 radical (unpaired) electrons. The number of aliphatic hydroxyl groups is 6. The Labute approximate surface area is 289 Å². The van der Waals surface area contributed by atoms with E-state index in [-0.39, 0.29) is 77.0 Å². The van der Waals surface area contributed by atoms with Crippen molar-refractivity contribution in [1.82, 2.24) is 0 Å². The van der Waals surface area contributed by atoms with E-state index in [0.717, 1.165) is 0 Å². The van der Waals surface area contributed by atoms with Crippen LogP contribution in [0.1, 0.15) is 26.7 Å². The van der Waals surface area contributed by atoms with Gasteiger partial charge in [-0.3, -0.25) is 9.59 Å². The molecule has 2 aliphatic rings. The van der Waals surface area contributed by atoms with Crippen molar-refractivity contribution >= 4 is 69.9 Å². The Balaban J connectivity index is 0.000000842.